The van der Waals surface area contributed by atoms with Crippen LogP contribution in [-0.2, 0) is 10.3 Å². The predicted octanol–water partition coefficient (Wildman–Crippen LogP) is 3.07. The van der Waals surface area contributed by atoms with Crippen LogP contribution in [0.4, 0.5) is 0 Å². The van der Waals surface area contributed by atoms with Gasteiger partial charge in [-0.2, -0.15) is 0 Å². The van der Waals surface area contributed by atoms with Crippen LogP contribution in [0.15, 0.2) is 60.7 Å². The highest BCUT2D eigenvalue weighted by Crippen LogP contribution is 2.30. The SMILES string of the molecule is CC(NC(=O)C1CCNCC1)(c1ccccc1)c1ccccc1. The van der Waals surface area contributed by atoms with Crippen molar-refractivity contribution in [3.05, 3.63) is 71.8 Å². The molecule has 120 valence electrons. The molecule has 3 nitrogen and oxygen atoms in total. The third-order valence-electron chi connectivity index (χ3n) is 4.79. The lowest BCUT2D eigenvalue weighted by Gasteiger charge is -2.34. The highest BCUT2D eigenvalue weighted by Gasteiger charge is 2.33. The zero-order valence-corrected chi connectivity index (χ0v) is 13.6. The van der Waals surface area contributed by atoms with E-state index in [1.807, 2.05) is 36.4 Å². The van der Waals surface area contributed by atoms with E-state index in [9.17, 15) is 4.79 Å². The third kappa shape index (κ3) is 3.45. The Morgan fingerprint density at radius 2 is 1.43 bits per heavy atom. The van der Waals surface area contributed by atoms with Gasteiger partial charge in [-0.25, -0.2) is 0 Å². The van der Waals surface area contributed by atoms with Crippen LogP contribution in [0.2, 0.25) is 0 Å². The summed E-state index contributed by atoms with van der Waals surface area (Å²) in [7, 11) is 0. The summed E-state index contributed by atoms with van der Waals surface area (Å²) < 4.78 is 0. The van der Waals surface area contributed by atoms with Gasteiger partial charge in [0.1, 0.15) is 0 Å². The Hall–Kier alpha value is -2.13. The van der Waals surface area contributed by atoms with E-state index in [1.54, 1.807) is 0 Å². The van der Waals surface area contributed by atoms with Crippen LogP contribution in [0.25, 0.3) is 0 Å². The summed E-state index contributed by atoms with van der Waals surface area (Å²) in [5, 5.41) is 6.64. The van der Waals surface area contributed by atoms with Crippen LogP contribution in [0.5, 0.6) is 0 Å². The molecule has 3 heteroatoms. The molecule has 23 heavy (non-hydrogen) atoms. The molecule has 2 N–H and O–H groups in total. The Morgan fingerprint density at radius 1 is 0.957 bits per heavy atom. The van der Waals surface area contributed by atoms with E-state index >= 15 is 0 Å². The molecule has 0 aromatic heterocycles. The first-order chi connectivity index (χ1) is 11.2. The molecule has 2 aromatic rings. The maximum atomic E-state index is 12.8. The highest BCUT2D eigenvalue weighted by molar-refractivity contribution is 5.80. The standard InChI is InChI=1S/C20H24N2O/c1-20(17-8-4-2-5-9-17,18-10-6-3-7-11-18)22-19(23)16-12-14-21-15-13-16/h2-11,16,21H,12-15H2,1H3,(H,22,23). The minimum absolute atomic E-state index is 0.1000. The van der Waals surface area contributed by atoms with Gasteiger partial charge in [0.2, 0.25) is 5.91 Å². The summed E-state index contributed by atoms with van der Waals surface area (Å²) in [5.41, 5.74) is 1.70. The Balaban J connectivity index is 1.91. The second-order valence-electron chi connectivity index (χ2n) is 6.37. The molecule has 1 aliphatic heterocycles. The van der Waals surface area contributed by atoms with E-state index in [4.69, 9.17) is 0 Å². The maximum absolute atomic E-state index is 12.8. The summed E-state index contributed by atoms with van der Waals surface area (Å²) in [6, 6.07) is 20.4. The number of rotatable bonds is 4. The van der Waals surface area contributed by atoms with Crippen molar-refractivity contribution in [2.45, 2.75) is 25.3 Å². The molecule has 1 fully saturated rings. The summed E-state index contributed by atoms with van der Waals surface area (Å²) in [6.07, 6.45) is 1.82. The van der Waals surface area contributed by atoms with E-state index in [0.29, 0.717) is 0 Å². The van der Waals surface area contributed by atoms with E-state index < -0.39 is 5.54 Å². The van der Waals surface area contributed by atoms with Crippen LogP contribution in [0.3, 0.4) is 0 Å². The monoisotopic (exact) mass is 308 g/mol. The van der Waals surface area contributed by atoms with Gasteiger partial charge in [-0.15, -0.1) is 0 Å². The van der Waals surface area contributed by atoms with Crippen molar-refractivity contribution in [1.29, 1.82) is 0 Å². The summed E-state index contributed by atoms with van der Waals surface area (Å²) in [6.45, 7) is 3.94. The van der Waals surface area contributed by atoms with Gasteiger partial charge in [0, 0.05) is 5.92 Å². The fraction of sp³-hybridized carbons (Fsp3) is 0.350. The molecule has 1 aliphatic rings. The Morgan fingerprint density at radius 3 is 1.91 bits per heavy atom. The lowest BCUT2D eigenvalue weighted by molar-refractivity contribution is -0.127. The lowest BCUT2D eigenvalue weighted by atomic mass is 9.83. The average Bonchev–Trinajstić information content (AvgIpc) is 2.64. The molecular formula is C20H24N2O. The molecule has 0 aliphatic carbocycles. The topological polar surface area (TPSA) is 41.1 Å². The Bertz CT molecular complexity index is 594. The molecular weight excluding hydrogens is 284 g/mol. The summed E-state index contributed by atoms with van der Waals surface area (Å²) >= 11 is 0. The molecule has 0 atom stereocenters. The number of amides is 1. The van der Waals surface area contributed by atoms with Crippen molar-refractivity contribution in [1.82, 2.24) is 10.6 Å². The van der Waals surface area contributed by atoms with Gasteiger partial charge in [0.05, 0.1) is 5.54 Å². The van der Waals surface area contributed by atoms with Gasteiger partial charge in [-0.3, -0.25) is 4.79 Å². The summed E-state index contributed by atoms with van der Waals surface area (Å²) in [4.78, 5) is 12.8. The number of piperidine rings is 1. The van der Waals surface area contributed by atoms with Gasteiger partial charge in [-0.1, -0.05) is 60.7 Å². The van der Waals surface area contributed by atoms with E-state index in [-0.39, 0.29) is 11.8 Å². The Kier molecular flexibility index (Phi) is 4.77. The number of nitrogens with one attached hydrogen (secondary N) is 2. The van der Waals surface area contributed by atoms with Crippen molar-refractivity contribution in [3.8, 4) is 0 Å². The predicted molar refractivity (Wildman–Crippen MR) is 93.1 cm³/mol. The van der Waals surface area contributed by atoms with Crippen molar-refractivity contribution < 1.29 is 4.79 Å². The van der Waals surface area contributed by atoms with Crippen LogP contribution in [0, 0.1) is 5.92 Å². The van der Waals surface area contributed by atoms with Crippen LogP contribution in [-0.4, -0.2) is 19.0 Å². The van der Waals surface area contributed by atoms with Gasteiger partial charge in [-0.05, 0) is 44.0 Å². The van der Waals surface area contributed by atoms with Gasteiger partial charge in [0.25, 0.3) is 0 Å². The maximum Gasteiger partial charge on any atom is 0.224 e. The average molecular weight is 308 g/mol. The molecule has 0 bridgehead atoms. The number of carbonyl (C=O) groups is 1. The third-order valence-corrected chi connectivity index (χ3v) is 4.79. The molecule has 3 rings (SSSR count). The number of hydrogen-bond donors (Lipinski definition) is 2. The quantitative estimate of drug-likeness (QED) is 0.911. The largest absolute Gasteiger partial charge is 0.343 e. The molecule has 0 spiro atoms. The highest BCUT2D eigenvalue weighted by atomic mass is 16.2. The Labute approximate surface area is 138 Å². The first-order valence-corrected chi connectivity index (χ1v) is 8.34. The molecule has 2 aromatic carbocycles. The normalized spacial score (nSPS) is 16.0. The first-order valence-electron chi connectivity index (χ1n) is 8.34. The first kappa shape index (κ1) is 15.8. The van der Waals surface area contributed by atoms with Gasteiger partial charge >= 0.3 is 0 Å². The van der Waals surface area contributed by atoms with Crippen LogP contribution >= 0.6 is 0 Å². The van der Waals surface area contributed by atoms with Crippen molar-refractivity contribution in [3.63, 3.8) is 0 Å². The molecule has 1 heterocycles. The molecule has 1 saturated heterocycles. The van der Waals surface area contributed by atoms with Crippen molar-refractivity contribution in [2.24, 2.45) is 5.92 Å². The van der Waals surface area contributed by atoms with E-state index in [2.05, 4.69) is 41.8 Å². The van der Waals surface area contributed by atoms with Crippen molar-refractivity contribution in [2.75, 3.05) is 13.1 Å². The zero-order chi connectivity index (χ0) is 16.1. The van der Waals surface area contributed by atoms with Crippen molar-refractivity contribution >= 4 is 5.91 Å². The number of hydrogen-bond acceptors (Lipinski definition) is 2. The van der Waals surface area contributed by atoms with Gasteiger partial charge < -0.3 is 10.6 Å². The smallest absolute Gasteiger partial charge is 0.224 e. The number of carbonyl (C=O) groups excluding carboxylic acids is 1. The van der Waals surface area contributed by atoms with Gasteiger partial charge in [0.15, 0.2) is 0 Å². The van der Waals surface area contributed by atoms with E-state index in [1.165, 1.54) is 0 Å². The second kappa shape index (κ2) is 6.97. The fourth-order valence-electron chi connectivity index (χ4n) is 3.29. The zero-order valence-electron chi connectivity index (χ0n) is 13.6. The number of benzene rings is 2. The molecule has 1 amide bonds. The molecule has 0 unspecified atom stereocenters. The van der Waals surface area contributed by atoms with Crippen LogP contribution in [0.1, 0.15) is 30.9 Å². The molecule has 0 radical (unpaired) electrons. The van der Waals surface area contributed by atoms with E-state index in [0.717, 1.165) is 37.1 Å². The summed E-state index contributed by atoms with van der Waals surface area (Å²) in [5.74, 6) is 0.254. The van der Waals surface area contributed by atoms with Crippen LogP contribution < -0.4 is 10.6 Å². The lowest BCUT2D eigenvalue weighted by Crippen LogP contribution is -2.48. The minimum Gasteiger partial charge on any atom is -0.343 e. The molecule has 0 saturated carbocycles. The fourth-order valence-corrected chi connectivity index (χ4v) is 3.29. The second-order valence-corrected chi connectivity index (χ2v) is 6.37. The minimum atomic E-state index is -0.509.